The van der Waals surface area contributed by atoms with E-state index in [1.165, 1.54) is 5.01 Å². The number of carbonyl (C=O) groups excluding carboxylic acids is 2. The topological polar surface area (TPSA) is 99.2 Å². The first kappa shape index (κ1) is 21.4. The molecule has 2 aliphatic rings. The average Bonchev–Trinajstić information content (AvgIpc) is 3.06. The highest BCUT2D eigenvalue weighted by molar-refractivity contribution is 7.91. The molecule has 2 heterocycles. The van der Waals surface area contributed by atoms with Gasteiger partial charge >= 0.3 is 0 Å². The number of hydrogen-bond acceptors (Lipinski definition) is 6. The quantitative estimate of drug-likeness (QED) is 0.723. The standard InChI is InChI=1S/C20H28N4O4S/c1-3-23(4-2)13-15-6-5-7-16(12-15)21-20(26)18-8-9-19(25)24(22-18)17-10-11-29(27,28)14-17/h5-7,12,17H,3-4,8-11,13-14H2,1-2H3,(H,21,26). The second kappa shape index (κ2) is 9.04. The van der Waals surface area contributed by atoms with Gasteiger partial charge in [-0.1, -0.05) is 26.0 Å². The van der Waals surface area contributed by atoms with Crippen LogP contribution in [0.5, 0.6) is 0 Å². The predicted molar refractivity (Wildman–Crippen MR) is 112 cm³/mol. The summed E-state index contributed by atoms with van der Waals surface area (Å²) in [5.74, 6) is -0.629. The summed E-state index contributed by atoms with van der Waals surface area (Å²) >= 11 is 0. The van der Waals surface area contributed by atoms with E-state index in [0.29, 0.717) is 12.1 Å². The largest absolute Gasteiger partial charge is 0.321 e. The van der Waals surface area contributed by atoms with E-state index in [1.54, 1.807) is 0 Å². The molecule has 0 saturated carbocycles. The Labute approximate surface area is 171 Å². The van der Waals surface area contributed by atoms with E-state index in [1.807, 2.05) is 24.3 Å². The van der Waals surface area contributed by atoms with Crippen LogP contribution in [0.3, 0.4) is 0 Å². The van der Waals surface area contributed by atoms with E-state index in [-0.39, 0.29) is 41.9 Å². The summed E-state index contributed by atoms with van der Waals surface area (Å²) < 4.78 is 23.5. The minimum atomic E-state index is -3.14. The Morgan fingerprint density at radius 2 is 2.03 bits per heavy atom. The molecule has 1 fully saturated rings. The van der Waals surface area contributed by atoms with Crippen molar-refractivity contribution >= 4 is 33.1 Å². The average molecular weight is 421 g/mol. The van der Waals surface area contributed by atoms with Crippen LogP contribution in [0, 0.1) is 0 Å². The zero-order valence-corrected chi connectivity index (χ0v) is 17.7. The smallest absolute Gasteiger partial charge is 0.271 e. The van der Waals surface area contributed by atoms with Crippen LogP contribution >= 0.6 is 0 Å². The summed E-state index contributed by atoms with van der Waals surface area (Å²) in [6, 6.07) is 7.20. The number of amides is 2. The maximum absolute atomic E-state index is 12.7. The Morgan fingerprint density at radius 3 is 2.69 bits per heavy atom. The lowest BCUT2D eigenvalue weighted by Crippen LogP contribution is -2.42. The van der Waals surface area contributed by atoms with Gasteiger partial charge in [0.2, 0.25) is 5.91 Å². The molecule has 1 saturated heterocycles. The number of rotatable bonds is 7. The Balaban J connectivity index is 1.70. The van der Waals surface area contributed by atoms with Crippen molar-refractivity contribution in [3.8, 4) is 0 Å². The molecule has 0 aliphatic carbocycles. The molecule has 0 spiro atoms. The van der Waals surface area contributed by atoms with Gasteiger partial charge in [-0.05, 0) is 37.2 Å². The van der Waals surface area contributed by atoms with Crippen LogP contribution in [-0.4, -0.2) is 66.5 Å². The fraction of sp³-hybridized carbons (Fsp3) is 0.550. The normalized spacial score (nSPS) is 21.3. The molecular formula is C20H28N4O4S. The molecule has 2 aliphatic heterocycles. The van der Waals surface area contributed by atoms with Crippen LogP contribution in [0.15, 0.2) is 29.4 Å². The van der Waals surface area contributed by atoms with Crippen molar-refractivity contribution in [3.63, 3.8) is 0 Å². The molecular weight excluding hydrogens is 392 g/mol. The third-order valence-electron chi connectivity index (χ3n) is 5.36. The first-order chi connectivity index (χ1) is 13.8. The lowest BCUT2D eigenvalue weighted by atomic mass is 10.1. The summed E-state index contributed by atoms with van der Waals surface area (Å²) in [6.45, 7) is 6.92. The summed E-state index contributed by atoms with van der Waals surface area (Å²) in [5.41, 5.74) is 2.03. The number of hydrazone groups is 1. The van der Waals surface area contributed by atoms with Crippen molar-refractivity contribution in [2.75, 3.05) is 29.9 Å². The molecule has 29 heavy (non-hydrogen) atoms. The first-order valence-corrected chi connectivity index (χ1v) is 11.9. The fourth-order valence-electron chi connectivity index (χ4n) is 3.64. The molecule has 9 heteroatoms. The molecule has 3 rings (SSSR count). The van der Waals surface area contributed by atoms with Gasteiger partial charge < -0.3 is 5.32 Å². The predicted octanol–water partition coefficient (Wildman–Crippen LogP) is 1.63. The molecule has 0 aromatic heterocycles. The van der Waals surface area contributed by atoms with E-state index in [4.69, 9.17) is 0 Å². The van der Waals surface area contributed by atoms with Gasteiger partial charge in [0.25, 0.3) is 5.91 Å². The lowest BCUT2D eigenvalue weighted by Gasteiger charge is -2.27. The molecule has 1 N–H and O–H groups in total. The molecule has 1 atom stereocenters. The zero-order chi connectivity index (χ0) is 21.0. The third-order valence-corrected chi connectivity index (χ3v) is 7.11. The van der Waals surface area contributed by atoms with Gasteiger partial charge in [-0.15, -0.1) is 0 Å². The maximum atomic E-state index is 12.7. The number of carbonyl (C=O) groups is 2. The number of benzene rings is 1. The lowest BCUT2D eigenvalue weighted by molar-refractivity contribution is -0.133. The Kier molecular flexibility index (Phi) is 6.69. The molecule has 0 bridgehead atoms. The van der Waals surface area contributed by atoms with Gasteiger partial charge in [-0.25, -0.2) is 13.4 Å². The van der Waals surface area contributed by atoms with Gasteiger partial charge in [0.05, 0.1) is 17.5 Å². The van der Waals surface area contributed by atoms with Crippen LogP contribution in [0.25, 0.3) is 0 Å². The molecule has 1 aromatic carbocycles. The Bertz CT molecular complexity index is 909. The minimum absolute atomic E-state index is 0.0534. The number of hydrogen-bond donors (Lipinski definition) is 1. The number of sulfone groups is 1. The molecule has 158 valence electrons. The molecule has 2 amide bonds. The summed E-state index contributed by atoms with van der Waals surface area (Å²) in [6.07, 6.45) is 0.768. The molecule has 8 nitrogen and oxygen atoms in total. The summed E-state index contributed by atoms with van der Waals surface area (Å²) in [7, 11) is -3.14. The number of nitrogens with zero attached hydrogens (tertiary/aromatic N) is 3. The van der Waals surface area contributed by atoms with Crippen molar-refractivity contribution in [2.45, 2.75) is 45.7 Å². The van der Waals surface area contributed by atoms with Crippen LogP contribution in [-0.2, 0) is 26.0 Å². The van der Waals surface area contributed by atoms with Gasteiger partial charge in [0.15, 0.2) is 9.84 Å². The second-order valence-corrected chi connectivity index (χ2v) is 9.69. The van der Waals surface area contributed by atoms with Gasteiger partial charge in [-0.3, -0.25) is 14.5 Å². The summed E-state index contributed by atoms with van der Waals surface area (Å²) in [5, 5.41) is 8.29. The van der Waals surface area contributed by atoms with E-state index < -0.39 is 15.9 Å². The van der Waals surface area contributed by atoms with Gasteiger partial charge in [0.1, 0.15) is 5.71 Å². The van der Waals surface area contributed by atoms with Gasteiger partial charge in [0, 0.05) is 25.1 Å². The molecule has 1 aromatic rings. The second-order valence-electron chi connectivity index (χ2n) is 7.46. The van der Waals surface area contributed by atoms with Crippen molar-refractivity contribution in [1.82, 2.24) is 9.91 Å². The first-order valence-electron chi connectivity index (χ1n) is 10.0. The fourth-order valence-corrected chi connectivity index (χ4v) is 5.34. The van der Waals surface area contributed by atoms with Gasteiger partial charge in [-0.2, -0.15) is 5.10 Å². The number of nitrogens with one attached hydrogen (secondary N) is 1. The monoisotopic (exact) mass is 420 g/mol. The maximum Gasteiger partial charge on any atom is 0.271 e. The van der Waals surface area contributed by atoms with E-state index in [0.717, 1.165) is 25.2 Å². The zero-order valence-electron chi connectivity index (χ0n) is 16.9. The highest BCUT2D eigenvalue weighted by Gasteiger charge is 2.37. The highest BCUT2D eigenvalue weighted by Crippen LogP contribution is 2.22. The van der Waals surface area contributed by atoms with Crippen LogP contribution < -0.4 is 5.32 Å². The Hall–Kier alpha value is -2.26. The Morgan fingerprint density at radius 1 is 1.28 bits per heavy atom. The third kappa shape index (κ3) is 5.42. The van der Waals surface area contributed by atoms with Crippen molar-refractivity contribution in [3.05, 3.63) is 29.8 Å². The minimum Gasteiger partial charge on any atom is -0.321 e. The SMILES string of the molecule is CCN(CC)Cc1cccc(NC(=O)C2=NN(C3CCS(=O)(=O)C3)C(=O)CC2)c1. The van der Waals surface area contributed by atoms with E-state index in [9.17, 15) is 18.0 Å². The summed E-state index contributed by atoms with van der Waals surface area (Å²) in [4.78, 5) is 27.2. The van der Waals surface area contributed by atoms with Crippen LogP contribution in [0.1, 0.15) is 38.7 Å². The van der Waals surface area contributed by atoms with Crippen molar-refractivity contribution < 1.29 is 18.0 Å². The van der Waals surface area contributed by atoms with Crippen LogP contribution in [0.4, 0.5) is 5.69 Å². The molecule has 1 unspecified atom stereocenters. The van der Waals surface area contributed by atoms with E-state index >= 15 is 0 Å². The number of anilines is 1. The van der Waals surface area contributed by atoms with Crippen molar-refractivity contribution in [2.24, 2.45) is 5.10 Å². The molecule has 0 radical (unpaired) electrons. The van der Waals surface area contributed by atoms with Crippen LogP contribution in [0.2, 0.25) is 0 Å². The van der Waals surface area contributed by atoms with Crippen molar-refractivity contribution in [1.29, 1.82) is 0 Å². The highest BCUT2D eigenvalue weighted by atomic mass is 32.2. The van der Waals surface area contributed by atoms with E-state index in [2.05, 4.69) is 29.2 Å².